The molecule has 1 heterocycles. The number of carbonyl (C=O) groups excluding carboxylic acids is 3. The molecule has 0 aromatic heterocycles. The molecule has 1 N–H and O–H groups in total. The average Bonchev–Trinajstić information content (AvgIpc) is 2.83. The number of ether oxygens (including phenoxy) is 1. The molecule has 0 saturated carbocycles. The van der Waals surface area contributed by atoms with Gasteiger partial charge in [0, 0.05) is 37.5 Å². The van der Waals surface area contributed by atoms with Crippen LogP contribution in [0.25, 0.3) is 0 Å². The summed E-state index contributed by atoms with van der Waals surface area (Å²) in [5.74, 6) is 0.521. The zero-order valence-electron chi connectivity index (χ0n) is 19.6. The molecule has 33 heavy (non-hydrogen) atoms. The third-order valence-corrected chi connectivity index (χ3v) is 5.99. The van der Waals surface area contributed by atoms with Gasteiger partial charge in [-0.25, -0.2) is 0 Å². The van der Waals surface area contributed by atoms with Crippen LogP contribution in [0.15, 0.2) is 48.5 Å². The van der Waals surface area contributed by atoms with E-state index in [1.165, 1.54) is 5.56 Å². The fourth-order valence-electron chi connectivity index (χ4n) is 3.96. The number of aryl methyl sites for hydroxylation is 2. The Bertz CT molecular complexity index is 930. The molecule has 3 rings (SSSR count). The summed E-state index contributed by atoms with van der Waals surface area (Å²) in [6.07, 6.45) is 3.92. The first-order valence-corrected chi connectivity index (χ1v) is 11.8. The number of hydrogen-bond donors (Lipinski definition) is 1. The molecule has 0 atom stereocenters. The van der Waals surface area contributed by atoms with Crippen LogP contribution in [0.2, 0.25) is 0 Å². The maximum absolute atomic E-state index is 12.5. The molecule has 2 aromatic carbocycles. The van der Waals surface area contributed by atoms with Gasteiger partial charge in [0.1, 0.15) is 5.75 Å². The van der Waals surface area contributed by atoms with Gasteiger partial charge in [0.15, 0.2) is 12.4 Å². The monoisotopic (exact) mass is 450 g/mol. The third-order valence-electron chi connectivity index (χ3n) is 5.99. The van der Waals surface area contributed by atoms with Crippen molar-refractivity contribution in [1.29, 1.82) is 0 Å². The summed E-state index contributed by atoms with van der Waals surface area (Å²) in [7, 11) is 0. The second-order valence-electron chi connectivity index (χ2n) is 8.69. The zero-order chi connectivity index (χ0) is 23.6. The summed E-state index contributed by atoms with van der Waals surface area (Å²) in [6, 6.07) is 15.3. The molecule has 2 aromatic rings. The van der Waals surface area contributed by atoms with Gasteiger partial charge in [-0.05, 0) is 43.9 Å². The molecule has 6 nitrogen and oxygen atoms in total. The minimum Gasteiger partial charge on any atom is -0.484 e. The van der Waals surface area contributed by atoms with Crippen LogP contribution in [-0.4, -0.2) is 48.2 Å². The normalized spacial score (nSPS) is 14.1. The molecule has 0 bridgehead atoms. The maximum atomic E-state index is 12.5. The van der Waals surface area contributed by atoms with Crippen molar-refractivity contribution in [3.8, 4) is 5.75 Å². The Kier molecular flexibility index (Phi) is 9.04. The van der Waals surface area contributed by atoms with Crippen LogP contribution in [0.5, 0.6) is 5.75 Å². The van der Waals surface area contributed by atoms with E-state index >= 15 is 0 Å². The Morgan fingerprint density at radius 1 is 0.970 bits per heavy atom. The van der Waals surface area contributed by atoms with Gasteiger partial charge in [0.05, 0.1) is 0 Å². The number of benzene rings is 2. The first-order valence-electron chi connectivity index (χ1n) is 11.8. The lowest BCUT2D eigenvalue weighted by Crippen LogP contribution is -2.47. The number of Topliss-reactive ketones (excluding diaryl/α,β-unsaturated/α-hetero) is 1. The van der Waals surface area contributed by atoms with E-state index in [2.05, 4.69) is 12.2 Å². The van der Waals surface area contributed by atoms with Crippen LogP contribution >= 0.6 is 0 Å². The summed E-state index contributed by atoms with van der Waals surface area (Å²) < 4.78 is 5.65. The van der Waals surface area contributed by atoms with Crippen molar-refractivity contribution >= 4 is 17.6 Å². The van der Waals surface area contributed by atoms with Crippen molar-refractivity contribution in [2.24, 2.45) is 0 Å². The van der Waals surface area contributed by atoms with Crippen molar-refractivity contribution in [2.75, 3.05) is 19.7 Å². The first kappa shape index (κ1) is 24.5. The van der Waals surface area contributed by atoms with Crippen LogP contribution in [0, 0.1) is 6.92 Å². The minimum atomic E-state index is -0.116. The second-order valence-corrected chi connectivity index (χ2v) is 8.69. The lowest BCUT2D eigenvalue weighted by atomic mass is 10.0. The Balaban J connectivity index is 1.34. The number of ketones is 1. The molecule has 1 aliphatic rings. The van der Waals surface area contributed by atoms with Crippen LogP contribution in [0.3, 0.4) is 0 Å². The number of rotatable bonds is 10. The number of hydrogen-bond acceptors (Lipinski definition) is 4. The standard InChI is InChI=1S/C27H34N2O4/c1-3-4-21-7-11-24(12-8-21)33-19-27(32)29-17-15-23(16-18-29)28-26(31)14-13-25(30)22-9-5-20(2)6-10-22/h5-12,23H,3-4,13-19H2,1-2H3,(H,28,31). The fourth-order valence-corrected chi connectivity index (χ4v) is 3.96. The largest absolute Gasteiger partial charge is 0.484 e. The number of nitrogens with zero attached hydrogens (tertiary/aromatic N) is 1. The zero-order valence-corrected chi connectivity index (χ0v) is 19.6. The van der Waals surface area contributed by atoms with Crippen molar-refractivity contribution in [3.05, 3.63) is 65.2 Å². The van der Waals surface area contributed by atoms with E-state index < -0.39 is 0 Å². The first-order chi connectivity index (χ1) is 15.9. The van der Waals surface area contributed by atoms with Gasteiger partial charge in [-0.15, -0.1) is 0 Å². The molecule has 0 aliphatic carbocycles. The number of likely N-dealkylation sites (tertiary alicyclic amines) is 1. The SMILES string of the molecule is CCCc1ccc(OCC(=O)N2CCC(NC(=O)CCC(=O)c3ccc(C)cc3)CC2)cc1. The van der Waals surface area contributed by atoms with Crippen LogP contribution in [0.4, 0.5) is 0 Å². The summed E-state index contributed by atoms with van der Waals surface area (Å²) in [6.45, 7) is 5.31. The fraction of sp³-hybridized carbons (Fsp3) is 0.444. The highest BCUT2D eigenvalue weighted by Gasteiger charge is 2.24. The topological polar surface area (TPSA) is 75.7 Å². The maximum Gasteiger partial charge on any atom is 0.260 e. The molecule has 6 heteroatoms. The molecule has 0 unspecified atom stereocenters. The Labute approximate surface area is 196 Å². The predicted octanol–water partition coefficient (Wildman–Crippen LogP) is 4.10. The molecular formula is C27H34N2O4. The van der Waals surface area contributed by atoms with Crippen molar-refractivity contribution in [3.63, 3.8) is 0 Å². The highest BCUT2D eigenvalue weighted by atomic mass is 16.5. The number of carbonyl (C=O) groups is 3. The predicted molar refractivity (Wildman–Crippen MR) is 128 cm³/mol. The molecular weight excluding hydrogens is 416 g/mol. The molecule has 0 spiro atoms. The summed E-state index contributed by atoms with van der Waals surface area (Å²) in [4.78, 5) is 38.8. The van der Waals surface area contributed by atoms with E-state index in [1.807, 2.05) is 43.3 Å². The molecule has 176 valence electrons. The van der Waals surface area contributed by atoms with Crippen molar-refractivity contribution < 1.29 is 19.1 Å². The second kappa shape index (κ2) is 12.2. The third kappa shape index (κ3) is 7.74. The molecule has 1 saturated heterocycles. The van der Waals surface area contributed by atoms with E-state index in [0.717, 1.165) is 18.4 Å². The highest BCUT2D eigenvalue weighted by molar-refractivity contribution is 5.98. The molecule has 1 fully saturated rings. The van der Waals surface area contributed by atoms with E-state index in [1.54, 1.807) is 17.0 Å². The van der Waals surface area contributed by atoms with Gasteiger partial charge >= 0.3 is 0 Å². The molecule has 2 amide bonds. The van der Waals surface area contributed by atoms with Gasteiger partial charge in [0.25, 0.3) is 5.91 Å². The minimum absolute atomic E-state index is 0.0191. The highest BCUT2D eigenvalue weighted by Crippen LogP contribution is 2.15. The summed E-state index contributed by atoms with van der Waals surface area (Å²) in [5.41, 5.74) is 3.00. The van der Waals surface area contributed by atoms with E-state index in [4.69, 9.17) is 4.74 Å². The molecule has 1 aliphatic heterocycles. The number of piperidine rings is 1. The lowest BCUT2D eigenvalue weighted by Gasteiger charge is -2.32. The van der Waals surface area contributed by atoms with Crippen LogP contribution in [-0.2, 0) is 16.0 Å². The quantitative estimate of drug-likeness (QED) is 0.553. The van der Waals surface area contributed by atoms with E-state index in [-0.39, 0.29) is 43.1 Å². The van der Waals surface area contributed by atoms with Gasteiger partial charge in [0.2, 0.25) is 5.91 Å². The van der Waals surface area contributed by atoms with E-state index in [0.29, 0.717) is 37.2 Å². The van der Waals surface area contributed by atoms with Gasteiger partial charge in [-0.1, -0.05) is 55.3 Å². The lowest BCUT2D eigenvalue weighted by molar-refractivity contribution is -0.134. The average molecular weight is 451 g/mol. The number of nitrogens with one attached hydrogen (secondary N) is 1. The van der Waals surface area contributed by atoms with Gasteiger partial charge in [-0.3, -0.25) is 14.4 Å². The van der Waals surface area contributed by atoms with Crippen LogP contribution in [0.1, 0.15) is 60.5 Å². The van der Waals surface area contributed by atoms with Gasteiger partial charge < -0.3 is 15.0 Å². The summed E-state index contributed by atoms with van der Waals surface area (Å²) >= 11 is 0. The Hall–Kier alpha value is -3.15. The summed E-state index contributed by atoms with van der Waals surface area (Å²) in [5, 5.41) is 3.01. The van der Waals surface area contributed by atoms with Gasteiger partial charge in [-0.2, -0.15) is 0 Å². The number of amides is 2. The van der Waals surface area contributed by atoms with E-state index in [9.17, 15) is 14.4 Å². The Morgan fingerprint density at radius 3 is 2.27 bits per heavy atom. The van der Waals surface area contributed by atoms with Crippen molar-refractivity contribution in [2.45, 2.75) is 58.4 Å². The molecule has 0 radical (unpaired) electrons. The van der Waals surface area contributed by atoms with Crippen molar-refractivity contribution in [1.82, 2.24) is 10.2 Å². The smallest absolute Gasteiger partial charge is 0.260 e. The van der Waals surface area contributed by atoms with Crippen LogP contribution < -0.4 is 10.1 Å². The Morgan fingerprint density at radius 2 is 1.64 bits per heavy atom.